The SMILES string of the molecule is O=C(C1CC1)N1CCCC(CSc2ccccc2)C1. The van der Waals surface area contributed by atoms with Crippen LogP contribution in [0.1, 0.15) is 25.7 Å². The van der Waals surface area contributed by atoms with E-state index >= 15 is 0 Å². The van der Waals surface area contributed by atoms with Gasteiger partial charge in [0.25, 0.3) is 0 Å². The van der Waals surface area contributed by atoms with E-state index in [2.05, 4.69) is 35.2 Å². The number of piperidine rings is 1. The molecule has 1 saturated heterocycles. The van der Waals surface area contributed by atoms with Crippen molar-refractivity contribution in [3.63, 3.8) is 0 Å². The highest BCUT2D eigenvalue weighted by molar-refractivity contribution is 7.99. The summed E-state index contributed by atoms with van der Waals surface area (Å²) < 4.78 is 0. The van der Waals surface area contributed by atoms with Gasteiger partial charge in [0, 0.05) is 29.7 Å². The fourth-order valence-electron chi connectivity index (χ4n) is 2.72. The molecule has 0 bridgehead atoms. The highest BCUT2D eigenvalue weighted by Gasteiger charge is 2.35. The number of benzene rings is 1. The fourth-order valence-corrected chi connectivity index (χ4v) is 3.77. The molecule has 1 aromatic carbocycles. The van der Waals surface area contributed by atoms with Crippen molar-refractivity contribution in [2.24, 2.45) is 11.8 Å². The Balaban J connectivity index is 1.49. The van der Waals surface area contributed by atoms with E-state index in [-0.39, 0.29) is 0 Å². The molecule has 19 heavy (non-hydrogen) atoms. The van der Waals surface area contributed by atoms with Crippen LogP contribution in [0, 0.1) is 11.8 Å². The summed E-state index contributed by atoms with van der Waals surface area (Å²) in [6.45, 7) is 1.97. The van der Waals surface area contributed by atoms with Gasteiger partial charge in [-0.05, 0) is 43.7 Å². The molecule has 2 fully saturated rings. The molecular formula is C16H21NOS. The van der Waals surface area contributed by atoms with Crippen LogP contribution in [-0.4, -0.2) is 29.6 Å². The van der Waals surface area contributed by atoms with Gasteiger partial charge < -0.3 is 4.90 Å². The number of carbonyl (C=O) groups is 1. The lowest BCUT2D eigenvalue weighted by Crippen LogP contribution is -2.41. The summed E-state index contributed by atoms with van der Waals surface area (Å²) >= 11 is 1.93. The lowest BCUT2D eigenvalue weighted by molar-refractivity contribution is -0.134. The first-order valence-electron chi connectivity index (χ1n) is 7.29. The number of carbonyl (C=O) groups excluding carboxylic acids is 1. The molecule has 1 amide bonds. The van der Waals surface area contributed by atoms with Gasteiger partial charge in [0.15, 0.2) is 0 Å². The third kappa shape index (κ3) is 3.53. The summed E-state index contributed by atoms with van der Waals surface area (Å²) in [7, 11) is 0. The van der Waals surface area contributed by atoms with Crippen LogP contribution in [0.25, 0.3) is 0 Å². The summed E-state index contributed by atoms with van der Waals surface area (Å²) in [5.74, 6) is 2.61. The largest absolute Gasteiger partial charge is 0.342 e. The lowest BCUT2D eigenvalue weighted by atomic mass is 10.00. The highest BCUT2D eigenvalue weighted by atomic mass is 32.2. The van der Waals surface area contributed by atoms with Crippen molar-refractivity contribution in [1.82, 2.24) is 4.90 Å². The molecule has 1 atom stereocenters. The van der Waals surface area contributed by atoms with Crippen LogP contribution in [0.15, 0.2) is 35.2 Å². The zero-order valence-corrected chi connectivity index (χ0v) is 12.1. The Morgan fingerprint density at radius 2 is 2.00 bits per heavy atom. The molecule has 1 heterocycles. The van der Waals surface area contributed by atoms with Crippen LogP contribution >= 0.6 is 11.8 Å². The van der Waals surface area contributed by atoms with Crippen molar-refractivity contribution in [1.29, 1.82) is 0 Å². The number of hydrogen-bond donors (Lipinski definition) is 0. The Hall–Kier alpha value is -0.960. The third-order valence-electron chi connectivity index (χ3n) is 3.99. The van der Waals surface area contributed by atoms with Gasteiger partial charge in [0.05, 0.1) is 0 Å². The van der Waals surface area contributed by atoms with Gasteiger partial charge in [-0.25, -0.2) is 0 Å². The van der Waals surface area contributed by atoms with Gasteiger partial charge in [-0.1, -0.05) is 18.2 Å². The smallest absolute Gasteiger partial charge is 0.225 e. The van der Waals surface area contributed by atoms with Gasteiger partial charge in [0.2, 0.25) is 5.91 Å². The predicted octanol–water partition coefficient (Wildman–Crippen LogP) is 3.43. The maximum Gasteiger partial charge on any atom is 0.225 e. The monoisotopic (exact) mass is 275 g/mol. The molecule has 3 rings (SSSR count). The van der Waals surface area contributed by atoms with E-state index in [1.54, 1.807) is 0 Å². The van der Waals surface area contributed by atoms with E-state index in [4.69, 9.17) is 0 Å². The average Bonchev–Trinajstić information content (AvgIpc) is 3.30. The van der Waals surface area contributed by atoms with Crippen molar-refractivity contribution in [3.8, 4) is 0 Å². The van der Waals surface area contributed by atoms with E-state index in [0.29, 0.717) is 17.7 Å². The van der Waals surface area contributed by atoms with Gasteiger partial charge in [0.1, 0.15) is 0 Å². The van der Waals surface area contributed by atoms with Gasteiger partial charge in [-0.2, -0.15) is 0 Å². The fraction of sp³-hybridized carbons (Fsp3) is 0.562. The second-order valence-electron chi connectivity index (χ2n) is 5.69. The Morgan fingerprint density at radius 1 is 1.21 bits per heavy atom. The Morgan fingerprint density at radius 3 is 2.74 bits per heavy atom. The molecular weight excluding hydrogens is 254 g/mol. The van der Waals surface area contributed by atoms with E-state index in [0.717, 1.165) is 31.7 Å². The molecule has 2 aliphatic rings. The molecule has 0 spiro atoms. The molecule has 1 aliphatic heterocycles. The van der Waals surface area contributed by atoms with Crippen molar-refractivity contribution in [2.75, 3.05) is 18.8 Å². The number of rotatable bonds is 4. The standard InChI is InChI=1S/C16H21NOS/c18-16(14-8-9-14)17-10-4-5-13(11-17)12-19-15-6-2-1-3-7-15/h1-3,6-7,13-14H,4-5,8-12H2. The Kier molecular flexibility index (Phi) is 4.12. The number of hydrogen-bond acceptors (Lipinski definition) is 2. The third-order valence-corrected chi connectivity index (χ3v) is 5.23. The molecule has 2 nitrogen and oxygen atoms in total. The second-order valence-corrected chi connectivity index (χ2v) is 6.78. The molecule has 1 aromatic rings. The normalized spacial score (nSPS) is 23.4. The summed E-state index contributed by atoms with van der Waals surface area (Å²) in [5, 5.41) is 0. The molecule has 0 N–H and O–H groups in total. The van der Waals surface area contributed by atoms with E-state index < -0.39 is 0 Å². The number of amides is 1. The predicted molar refractivity (Wildman–Crippen MR) is 79.2 cm³/mol. The summed E-state index contributed by atoms with van der Waals surface area (Å²) in [6.07, 6.45) is 4.70. The van der Waals surface area contributed by atoms with Gasteiger partial charge in [-0.15, -0.1) is 11.8 Å². The van der Waals surface area contributed by atoms with Crippen molar-refractivity contribution >= 4 is 17.7 Å². The average molecular weight is 275 g/mol. The van der Waals surface area contributed by atoms with Gasteiger partial charge >= 0.3 is 0 Å². The molecule has 3 heteroatoms. The van der Waals surface area contributed by atoms with Crippen molar-refractivity contribution < 1.29 is 4.79 Å². The number of thioether (sulfide) groups is 1. The van der Waals surface area contributed by atoms with Crippen molar-refractivity contribution in [3.05, 3.63) is 30.3 Å². The minimum atomic E-state index is 0.375. The lowest BCUT2D eigenvalue weighted by Gasteiger charge is -2.32. The molecule has 1 saturated carbocycles. The maximum atomic E-state index is 12.1. The van der Waals surface area contributed by atoms with Crippen LogP contribution < -0.4 is 0 Å². The zero-order chi connectivity index (χ0) is 13.1. The van der Waals surface area contributed by atoms with Crippen LogP contribution in [-0.2, 0) is 4.79 Å². The molecule has 1 aliphatic carbocycles. The van der Waals surface area contributed by atoms with Crippen LogP contribution in [0.4, 0.5) is 0 Å². The zero-order valence-electron chi connectivity index (χ0n) is 11.3. The summed E-state index contributed by atoms with van der Waals surface area (Å²) in [4.78, 5) is 15.6. The van der Waals surface area contributed by atoms with E-state index in [1.165, 1.54) is 17.7 Å². The second kappa shape index (κ2) is 6.00. The Labute approximate surface area is 119 Å². The molecule has 1 unspecified atom stereocenters. The minimum absolute atomic E-state index is 0.375. The number of likely N-dealkylation sites (tertiary alicyclic amines) is 1. The Bertz CT molecular complexity index is 430. The summed E-state index contributed by atoms with van der Waals surface area (Å²) in [6, 6.07) is 10.6. The molecule has 0 aromatic heterocycles. The molecule has 102 valence electrons. The molecule has 0 radical (unpaired) electrons. The van der Waals surface area contributed by atoms with E-state index in [9.17, 15) is 4.79 Å². The highest BCUT2D eigenvalue weighted by Crippen LogP contribution is 2.33. The topological polar surface area (TPSA) is 20.3 Å². The minimum Gasteiger partial charge on any atom is -0.342 e. The van der Waals surface area contributed by atoms with Crippen LogP contribution in [0.3, 0.4) is 0 Å². The van der Waals surface area contributed by atoms with Crippen LogP contribution in [0.2, 0.25) is 0 Å². The first-order chi connectivity index (χ1) is 9.33. The first kappa shape index (κ1) is 13.0. The summed E-state index contributed by atoms with van der Waals surface area (Å²) in [5.41, 5.74) is 0. The van der Waals surface area contributed by atoms with Gasteiger partial charge in [-0.3, -0.25) is 4.79 Å². The van der Waals surface area contributed by atoms with E-state index in [1.807, 2.05) is 11.8 Å². The van der Waals surface area contributed by atoms with Crippen LogP contribution in [0.5, 0.6) is 0 Å². The quantitative estimate of drug-likeness (QED) is 0.785. The number of nitrogens with zero attached hydrogens (tertiary/aromatic N) is 1. The maximum absolute atomic E-state index is 12.1. The first-order valence-corrected chi connectivity index (χ1v) is 8.28. The van der Waals surface area contributed by atoms with Crippen molar-refractivity contribution in [2.45, 2.75) is 30.6 Å².